The molecule has 0 bridgehead atoms. The van der Waals surface area contributed by atoms with Gasteiger partial charge in [0.1, 0.15) is 5.75 Å². The van der Waals surface area contributed by atoms with Gasteiger partial charge in [0.15, 0.2) is 0 Å². The highest BCUT2D eigenvalue weighted by atomic mass is 16.5. The Balaban J connectivity index is 2.72. The van der Waals surface area contributed by atoms with Crippen LogP contribution in [0, 0.1) is 0 Å². The zero-order valence-electron chi connectivity index (χ0n) is 11.9. The van der Waals surface area contributed by atoms with Gasteiger partial charge in [-0.05, 0) is 25.5 Å². The number of rotatable bonds is 6. The van der Waals surface area contributed by atoms with E-state index in [9.17, 15) is 9.59 Å². The van der Waals surface area contributed by atoms with Gasteiger partial charge >= 0.3 is 0 Å². The van der Waals surface area contributed by atoms with Gasteiger partial charge in [-0.2, -0.15) is 0 Å². The minimum absolute atomic E-state index is 0.180. The van der Waals surface area contributed by atoms with E-state index >= 15 is 0 Å². The first-order chi connectivity index (χ1) is 9.42. The third-order valence-corrected chi connectivity index (χ3v) is 2.59. The van der Waals surface area contributed by atoms with Gasteiger partial charge in [0.25, 0.3) is 0 Å². The van der Waals surface area contributed by atoms with E-state index in [0.29, 0.717) is 23.5 Å². The van der Waals surface area contributed by atoms with E-state index in [1.54, 1.807) is 25.1 Å². The number of hydrogen-bond donors (Lipinski definition) is 3. The maximum absolute atomic E-state index is 11.6. The standard InChI is InChI=1S/C14H20N2O4/c1-9(17)4-7-14(19)16-11-5-6-12(15-10(2)18)13(8-11)20-3/h5-6,8-9,17H,4,7H2,1-3H3,(H,15,18)(H,16,19). The summed E-state index contributed by atoms with van der Waals surface area (Å²) in [4.78, 5) is 22.7. The van der Waals surface area contributed by atoms with Crippen LogP contribution in [0.15, 0.2) is 18.2 Å². The number of amides is 2. The van der Waals surface area contributed by atoms with Crippen LogP contribution in [0.3, 0.4) is 0 Å². The van der Waals surface area contributed by atoms with Crippen molar-refractivity contribution in [3.05, 3.63) is 18.2 Å². The number of ether oxygens (including phenoxy) is 1. The normalized spacial score (nSPS) is 11.6. The SMILES string of the molecule is COc1cc(NC(=O)CCC(C)O)ccc1NC(C)=O. The van der Waals surface area contributed by atoms with Crippen LogP contribution in [0.5, 0.6) is 5.75 Å². The second-order valence-electron chi connectivity index (χ2n) is 4.53. The van der Waals surface area contributed by atoms with E-state index in [2.05, 4.69) is 10.6 Å². The summed E-state index contributed by atoms with van der Waals surface area (Å²) in [6.45, 7) is 3.05. The maximum Gasteiger partial charge on any atom is 0.224 e. The van der Waals surface area contributed by atoms with Crippen molar-refractivity contribution in [3.8, 4) is 5.75 Å². The molecule has 0 radical (unpaired) electrons. The lowest BCUT2D eigenvalue weighted by Gasteiger charge is -2.12. The Hall–Kier alpha value is -2.08. The lowest BCUT2D eigenvalue weighted by Crippen LogP contribution is -2.14. The Morgan fingerprint density at radius 1 is 1.35 bits per heavy atom. The van der Waals surface area contributed by atoms with Gasteiger partial charge in [0, 0.05) is 25.1 Å². The summed E-state index contributed by atoms with van der Waals surface area (Å²) in [7, 11) is 1.49. The van der Waals surface area contributed by atoms with E-state index < -0.39 is 6.10 Å². The number of aliphatic hydroxyl groups excluding tert-OH is 1. The lowest BCUT2D eigenvalue weighted by molar-refractivity contribution is -0.117. The summed E-state index contributed by atoms with van der Waals surface area (Å²) in [5.74, 6) is 0.0887. The van der Waals surface area contributed by atoms with Gasteiger partial charge in [0.2, 0.25) is 11.8 Å². The van der Waals surface area contributed by atoms with Crippen LogP contribution < -0.4 is 15.4 Å². The number of aliphatic hydroxyl groups is 1. The van der Waals surface area contributed by atoms with Gasteiger partial charge in [-0.25, -0.2) is 0 Å². The summed E-state index contributed by atoms with van der Waals surface area (Å²) in [5.41, 5.74) is 1.12. The average molecular weight is 280 g/mol. The van der Waals surface area contributed by atoms with Crippen molar-refractivity contribution in [1.82, 2.24) is 0 Å². The first-order valence-electron chi connectivity index (χ1n) is 6.36. The summed E-state index contributed by atoms with van der Waals surface area (Å²) in [6, 6.07) is 4.96. The van der Waals surface area contributed by atoms with Gasteiger partial charge in [-0.15, -0.1) is 0 Å². The van der Waals surface area contributed by atoms with Crippen molar-refractivity contribution in [2.45, 2.75) is 32.8 Å². The second kappa shape index (κ2) is 7.49. The quantitative estimate of drug-likeness (QED) is 0.741. The van der Waals surface area contributed by atoms with Crippen molar-refractivity contribution >= 4 is 23.2 Å². The number of nitrogens with one attached hydrogen (secondary N) is 2. The van der Waals surface area contributed by atoms with E-state index in [0.717, 1.165) is 0 Å². The predicted molar refractivity (Wildman–Crippen MR) is 76.8 cm³/mol. The molecule has 1 aromatic carbocycles. The van der Waals surface area contributed by atoms with Crippen LogP contribution in [0.25, 0.3) is 0 Å². The van der Waals surface area contributed by atoms with Crippen LogP contribution >= 0.6 is 0 Å². The molecule has 0 aliphatic heterocycles. The zero-order chi connectivity index (χ0) is 15.1. The van der Waals surface area contributed by atoms with E-state index in [4.69, 9.17) is 9.84 Å². The molecule has 110 valence electrons. The summed E-state index contributed by atoms with van der Waals surface area (Å²) in [6.07, 6.45) is 0.151. The molecule has 20 heavy (non-hydrogen) atoms. The third kappa shape index (κ3) is 5.27. The molecule has 0 saturated carbocycles. The second-order valence-corrected chi connectivity index (χ2v) is 4.53. The van der Waals surface area contributed by atoms with E-state index in [1.807, 2.05) is 0 Å². The molecule has 3 N–H and O–H groups in total. The topological polar surface area (TPSA) is 87.7 Å². The summed E-state index contributed by atoms with van der Waals surface area (Å²) in [5, 5.41) is 14.5. The molecule has 0 spiro atoms. The van der Waals surface area contributed by atoms with Gasteiger partial charge in [-0.3, -0.25) is 9.59 Å². The molecule has 1 aromatic rings. The molecule has 1 unspecified atom stereocenters. The first-order valence-corrected chi connectivity index (χ1v) is 6.36. The van der Waals surface area contributed by atoms with Crippen molar-refractivity contribution < 1.29 is 19.4 Å². The maximum atomic E-state index is 11.6. The molecule has 1 rings (SSSR count). The Labute approximate surface area is 118 Å². The number of carbonyl (C=O) groups excluding carboxylic acids is 2. The molecule has 0 aliphatic carbocycles. The van der Waals surface area contributed by atoms with Gasteiger partial charge in [-0.1, -0.05) is 0 Å². The van der Waals surface area contributed by atoms with Crippen molar-refractivity contribution in [3.63, 3.8) is 0 Å². The fourth-order valence-electron chi connectivity index (χ4n) is 1.63. The lowest BCUT2D eigenvalue weighted by atomic mass is 10.2. The Kier molecular flexibility index (Phi) is 5.99. The fourth-order valence-corrected chi connectivity index (χ4v) is 1.63. The Bertz CT molecular complexity index is 486. The molecular weight excluding hydrogens is 260 g/mol. The largest absolute Gasteiger partial charge is 0.494 e. The minimum atomic E-state index is -0.502. The predicted octanol–water partition coefficient (Wildman–Crippen LogP) is 1.75. The van der Waals surface area contributed by atoms with Crippen LogP contribution in [-0.2, 0) is 9.59 Å². The molecule has 6 heteroatoms. The Morgan fingerprint density at radius 3 is 2.60 bits per heavy atom. The highest BCUT2D eigenvalue weighted by Crippen LogP contribution is 2.28. The summed E-state index contributed by atoms with van der Waals surface area (Å²) >= 11 is 0. The molecule has 0 aromatic heterocycles. The highest BCUT2D eigenvalue weighted by molar-refractivity contribution is 5.93. The third-order valence-electron chi connectivity index (χ3n) is 2.59. The molecule has 0 fully saturated rings. The van der Waals surface area contributed by atoms with Crippen molar-refractivity contribution in [2.24, 2.45) is 0 Å². The first kappa shape index (κ1) is 16.0. The van der Waals surface area contributed by atoms with Crippen LogP contribution in [0.1, 0.15) is 26.7 Å². The smallest absolute Gasteiger partial charge is 0.224 e. The fraction of sp³-hybridized carbons (Fsp3) is 0.429. The van der Waals surface area contributed by atoms with Crippen LogP contribution in [-0.4, -0.2) is 30.1 Å². The average Bonchev–Trinajstić information content (AvgIpc) is 2.37. The molecule has 1 atom stereocenters. The number of methoxy groups -OCH3 is 1. The van der Waals surface area contributed by atoms with Crippen molar-refractivity contribution in [2.75, 3.05) is 17.7 Å². The van der Waals surface area contributed by atoms with Crippen molar-refractivity contribution in [1.29, 1.82) is 0 Å². The van der Waals surface area contributed by atoms with E-state index in [-0.39, 0.29) is 18.2 Å². The molecule has 0 saturated heterocycles. The molecular formula is C14H20N2O4. The van der Waals surface area contributed by atoms with Crippen LogP contribution in [0.4, 0.5) is 11.4 Å². The molecule has 6 nitrogen and oxygen atoms in total. The minimum Gasteiger partial charge on any atom is -0.494 e. The number of benzene rings is 1. The molecule has 0 aliphatic rings. The number of carbonyl (C=O) groups is 2. The summed E-state index contributed by atoms with van der Waals surface area (Å²) < 4.78 is 5.16. The van der Waals surface area contributed by atoms with Crippen LogP contribution in [0.2, 0.25) is 0 Å². The molecule has 2 amide bonds. The van der Waals surface area contributed by atoms with Gasteiger partial charge < -0.3 is 20.5 Å². The monoisotopic (exact) mass is 280 g/mol. The Morgan fingerprint density at radius 2 is 2.05 bits per heavy atom. The molecule has 0 heterocycles. The zero-order valence-corrected chi connectivity index (χ0v) is 11.9. The van der Waals surface area contributed by atoms with Gasteiger partial charge in [0.05, 0.1) is 18.9 Å². The number of anilines is 2. The van der Waals surface area contributed by atoms with E-state index in [1.165, 1.54) is 14.0 Å². The highest BCUT2D eigenvalue weighted by Gasteiger charge is 2.09. The number of hydrogen-bond acceptors (Lipinski definition) is 4.